The van der Waals surface area contributed by atoms with Crippen LogP contribution in [0.15, 0.2) is 17.1 Å². The fourth-order valence-electron chi connectivity index (χ4n) is 2.07. The van der Waals surface area contributed by atoms with E-state index in [0.717, 1.165) is 0 Å². The van der Waals surface area contributed by atoms with Gasteiger partial charge in [0.2, 0.25) is 6.79 Å². The van der Waals surface area contributed by atoms with E-state index in [4.69, 9.17) is 14.2 Å². The Morgan fingerprint density at radius 3 is 2.71 bits per heavy atom. The van der Waals surface area contributed by atoms with E-state index in [0.29, 0.717) is 42.7 Å². The number of hydrogen-bond acceptors (Lipinski definition) is 5. The lowest BCUT2D eigenvalue weighted by molar-refractivity contribution is -0.0505. The molecule has 1 aliphatic rings. The second-order valence-electron chi connectivity index (χ2n) is 4.81. The Morgan fingerprint density at radius 2 is 2.04 bits per heavy atom. The van der Waals surface area contributed by atoms with Crippen molar-refractivity contribution in [1.82, 2.24) is 10.6 Å². The van der Waals surface area contributed by atoms with E-state index < -0.39 is 6.61 Å². The summed E-state index contributed by atoms with van der Waals surface area (Å²) in [5.41, 5.74) is 0.475. The SMILES string of the molecule is CCNC(=NCc1cc2c(cc1OC(F)F)OCO2)NCCOC. The molecular weight excluding hydrogens is 324 g/mol. The molecule has 0 saturated carbocycles. The van der Waals surface area contributed by atoms with E-state index in [9.17, 15) is 8.78 Å². The van der Waals surface area contributed by atoms with E-state index in [2.05, 4.69) is 20.4 Å². The number of alkyl halides is 2. The van der Waals surface area contributed by atoms with Crippen LogP contribution in [0.2, 0.25) is 0 Å². The average Bonchev–Trinajstić information content (AvgIpc) is 2.99. The summed E-state index contributed by atoms with van der Waals surface area (Å²) >= 11 is 0. The summed E-state index contributed by atoms with van der Waals surface area (Å²) in [5.74, 6) is 1.43. The Balaban J connectivity index is 2.14. The molecule has 134 valence electrons. The number of methoxy groups -OCH3 is 1. The molecule has 0 fully saturated rings. The van der Waals surface area contributed by atoms with Crippen molar-refractivity contribution >= 4 is 5.96 Å². The Bertz CT molecular complexity index is 570. The standard InChI is InChI=1S/C15H21F2N3O4/c1-3-18-15(19-4-5-21-2)20-8-10-6-12-13(23-9-22-12)7-11(10)24-14(16)17/h6-7,14H,3-5,8-9H2,1-2H3,(H2,18,19,20). The van der Waals surface area contributed by atoms with E-state index in [1.165, 1.54) is 6.07 Å². The zero-order chi connectivity index (χ0) is 17.4. The molecule has 1 aromatic rings. The summed E-state index contributed by atoms with van der Waals surface area (Å²) in [6.45, 7) is 0.956. The summed E-state index contributed by atoms with van der Waals surface area (Å²) in [7, 11) is 1.60. The summed E-state index contributed by atoms with van der Waals surface area (Å²) in [6.07, 6.45) is 0. The first-order valence-electron chi connectivity index (χ1n) is 7.52. The molecule has 0 spiro atoms. The number of benzene rings is 1. The number of aliphatic imine (C=N–C) groups is 1. The molecule has 0 aliphatic carbocycles. The fourth-order valence-corrected chi connectivity index (χ4v) is 2.07. The number of halogens is 2. The first-order chi connectivity index (χ1) is 11.6. The van der Waals surface area contributed by atoms with Crippen LogP contribution >= 0.6 is 0 Å². The topological polar surface area (TPSA) is 73.3 Å². The molecule has 0 unspecified atom stereocenters. The van der Waals surface area contributed by atoms with Crippen molar-refractivity contribution in [1.29, 1.82) is 0 Å². The van der Waals surface area contributed by atoms with Gasteiger partial charge in [0.05, 0.1) is 13.2 Å². The zero-order valence-corrected chi connectivity index (χ0v) is 13.6. The molecule has 2 rings (SSSR count). The Hall–Kier alpha value is -2.29. The molecule has 9 heteroatoms. The van der Waals surface area contributed by atoms with E-state index >= 15 is 0 Å². The number of hydrogen-bond donors (Lipinski definition) is 2. The molecular formula is C15H21F2N3O4. The molecule has 0 atom stereocenters. The molecule has 0 bridgehead atoms. The van der Waals surface area contributed by atoms with Gasteiger partial charge in [0.1, 0.15) is 5.75 Å². The maximum Gasteiger partial charge on any atom is 0.387 e. The van der Waals surface area contributed by atoms with Crippen LogP contribution in [0.4, 0.5) is 8.78 Å². The lowest BCUT2D eigenvalue weighted by atomic mass is 10.1. The first kappa shape index (κ1) is 18.1. The molecule has 1 heterocycles. The van der Waals surface area contributed by atoms with E-state index in [1.807, 2.05) is 6.92 Å². The van der Waals surface area contributed by atoms with Crippen LogP contribution in [0.3, 0.4) is 0 Å². The van der Waals surface area contributed by atoms with Crippen molar-refractivity contribution in [3.8, 4) is 17.2 Å². The molecule has 24 heavy (non-hydrogen) atoms. The van der Waals surface area contributed by atoms with Gasteiger partial charge in [0.15, 0.2) is 17.5 Å². The Labute approximate surface area is 138 Å². The van der Waals surface area contributed by atoms with Crippen molar-refractivity contribution in [2.24, 2.45) is 4.99 Å². The maximum atomic E-state index is 12.6. The van der Waals surface area contributed by atoms with Gasteiger partial charge in [-0.1, -0.05) is 0 Å². The molecule has 2 N–H and O–H groups in total. The summed E-state index contributed by atoms with van der Waals surface area (Å²) in [5, 5.41) is 6.14. The highest BCUT2D eigenvalue weighted by Crippen LogP contribution is 2.38. The fraction of sp³-hybridized carbons (Fsp3) is 0.533. The predicted molar refractivity (Wildman–Crippen MR) is 83.9 cm³/mol. The monoisotopic (exact) mass is 345 g/mol. The van der Waals surface area contributed by atoms with Gasteiger partial charge in [-0.3, -0.25) is 0 Å². The lowest BCUT2D eigenvalue weighted by Crippen LogP contribution is -2.38. The van der Waals surface area contributed by atoms with Crippen LogP contribution in [-0.2, 0) is 11.3 Å². The molecule has 1 aromatic carbocycles. The predicted octanol–water partition coefficient (Wildman–Crippen LogP) is 1.72. The quantitative estimate of drug-likeness (QED) is 0.425. The summed E-state index contributed by atoms with van der Waals surface area (Å²) in [6, 6.07) is 2.99. The number of rotatable bonds is 8. The molecule has 7 nitrogen and oxygen atoms in total. The van der Waals surface area contributed by atoms with Crippen LogP contribution < -0.4 is 24.8 Å². The third kappa shape index (κ3) is 5.12. The number of fused-ring (bicyclic) bond motifs is 1. The average molecular weight is 345 g/mol. The van der Waals surface area contributed by atoms with Gasteiger partial charge < -0.3 is 29.6 Å². The van der Waals surface area contributed by atoms with Gasteiger partial charge in [0, 0.05) is 31.8 Å². The third-order valence-corrected chi connectivity index (χ3v) is 3.12. The highest BCUT2D eigenvalue weighted by atomic mass is 19.3. The lowest BCUT2D eigenvalue weighted by Gasteiger charge is -2.13. The molecule has 0 saturated heterocycles. The number of guanidine groups is 1. The van der Waals surface area contributed by atoms with Crippen molar-refractivity contribution in [3.05, 3.63) is 17.7 Å². The highest BCUT2D eigenvalue weighted by molar-refractivity contribution is 5.79. The molecule has 0 amide bonds. The first-order valence-corrected chi connectivity index (χ1v) is 7.52. The van der Waals surface area contributed by atoms with Gasteiger partial charge in [-0.25, -0.2) is 4.99 Å². The summed E-state index contributed by atoms with van der Waals surface area (Å²) in [4.78, 5) is 4.37. The van der Waals surface area contributed by atoms with Crippen LogP contribution in [0.5, 0.6) is 17.2 Å². The number of ether oxygens (including phenoxy) is 4. The second-order valence-corrected chi connectivity index (χ2v) is 4.81. The van der Waals surface area contributed by atoms with Gasteiger partial charge in [0.25, 0.3) is 0 Å². The van der Waals surface area contributed by atoms with Crippen LogP contribution in [0, 0.1) is 0 Å². The Morgan fingerprint density at radius 1 is 1.29 bits per heavy atom. The molecule has 1 aliphatic heterocycles. The number of nitrogens with one attached hydrogen (secondary N) is 2. The van der Waals surface area contributed by atoms with Gasteiger partial charge in [-0.2, -0.15) is 8.78 Å². The van der Waals surface area contributed by atoms with Gasteiger partial charge in [-0.15, -0.1) is 0 Å². The minimum Gasteiger partial charge on any atom is -0.454 e. The van der Waals surface area contributed by atoms with E-state index in [1.54, 1.807) is 13.2 Å². The van der Waals surface area contributed by atoms with Crippen LogP contribution in [-0.4, -0.2) is 46.2 Å². The normalized spacial score (nSPS) is 13.3. The van der Waals surface area contributed by atoms with Crippen molar-refractivity contribution in [2.45, 2.75) is 20.1 Å². The van der Waals surface area contributed by atoms with E-state index in [-0.39, 0.29) is 19.1 Å². The maximum absolute atomic E-state index is 12.6. The van der Waals surface area contributed by atoms with Crippen molar-refractivity contribution in [2.75, 3.05) is 33.6 Å². The van der Waals surface area contributed by atoms with Crippen molar-refractivity contribution < 1.29 is 27.7 Å². The van der Waals surface area contributed by atoms with Crippen molar-refractivity contribution in [3.63, 3.8) is 0 Å². The smallest absolute Gasteiger partial charge is 0.387 e. The summed E-state index contributed by atoms with van der Waals surface area (Å²) < 4.78 is 45.2. The van der Waals surface area contributed by atoms with Gasteiger partial charge in [-0.05, 0) is 13.0 Å². The third-order valence-electron chi connectivity index (χ3n) is 3.12. The van der Waals surface area contributed by atoms with Crippen LogP contribution in [0.1, 0.15) is 12.5 Å². The minimum absolute atomic E-state index is 0.0192. The minimum atomic E-state index is -2.93. The zero-order valence-electron chi connectivity index (χ0n) is 13.6. The number of nitrogens with zero attached hydrogens (tertiary/aromatic N) is 1. The highest BCUT2D eigenvalue weighted by Gasteiger charge is 2.20. The Kier molecular flexibility index (Phi) is 6.86. The van der Waals surface area contributed by atoms with Gasteiger partial charge >= 0.3 is 6.61 Å². The molecule has 0 aromatic heterocycles. The second kappa shape index (κ2) is 9.11. The largest absolute Gasteiger partial charge is 0.454 e. The molecule has 0 radical (unpaired) electrons. The van der Waals surface area contributed by atoms with Crippen LogP contribution in [0.25, 0.3) is 0 Å².